The molecule has 2 aliphatic rings. The quantitative estimate of drug-likeness (QED) is 0.380. The summed E-state index contributed by atoms with van der Waals surface area (Å²) < 4.78 is 6.34. The van der Waals surface area contributed by atoms with Crippen molar-refractivity contribution in [3.8, 4) is 10.6 Å². The Morgan fingerprint density at radius 1 is 1.21 bits per heavy atom. The van der Waals surface area contributed by atoms with Gasteiger partial charge in [0.25, 0.3) is 0 Å². The fourth-order valence-corrected chi connectivity index (χ4v) is 4.80. The van der Waals surface area contributed by atoms with Gasteiger partial charge in [0.1, 0.15) is 5.60 Å². The average Bonchev–Trinajstić information content (AvgIpc) is 2.77. The van der Waals surface area contributed by atoms with Gasteiger partial charge in [-0.1, -0.05) is 13.0 Å². The van der Waals surface area contributed by atoms with E-state index in [4.69, 9.17) is 15.5 Å². The second-order valence-corrected chi connectivity index (χ2v) is 11.1. The van der Waals surface area contributed by atoms with Crippen LogP contribution < -0.4 is 16.4 Å². The number of alkyl carbamates (subject to hydrolysis) is 1. The molecule has 0 saturated carbocycles. The van der Waals surface area contributed by atoms with Gasteiger partial charge < -0.3 is 20.7 Å². The number of nitrogens with one attached hydrogen (secondary N) is 1. The summed E-state index contributed by atoms with van der Waals surface area (Å²) in [5.74, 6) is 0. The van der Waals surface area contributed by atoms with Crippen molar-refractivity contribution in [1.82, 2.24) is 15.2 Å². The number of fused-ring (bicyclic) bond motifs is 2. The highest BCUT2D eigenvalue weighted by atomic mass is 32.1. The molecule has 1 amide bonds. The Hall–Kier alpha value is -2.55. The number of hydrogen-bond acceptors (Lipinski definition) is 7. The number of benzene rings is 2. The molecule has 2 atom stereocenters. The number of ether oxygens (including phenoxy) is 1. The molecule has 0 aromatic heterocycles. The van der Waals surface area contributed by atoms with Gasteiger partial charge in [0.05, 0.1) is 32.7 Å². The summed E-state index contributed by atoms with van der Waals surface area (Å²) in [5.41, 5.74) is 9.08. The van der Waals surface area contributed by atoms with E-state index in [0.717, 1.165) is 38.1 Å². The Bertz CT molecular complexity index is 1180. The van der Waals surface area contributed by atoms with E-state index in [1.165, 1.54) is 0 Å². The molecule has 8 heteroatoms. The largest absolute Gasteiger partial charge is 0.444 e. The maximum absolute atomic E-state index is 11.8. The zero-order chi connectivity index (χ0) is 25.1. The number of rotatable bonds is 7. The van der Waals surface area contributed by atoms with Gasteiger partial charge in [-0.2, -0.15) is 0 Å². The minimum Gasteiger partial charge on any atom is -0.444 e. The molecule has 0 bridgehead atoms. The maximum atomic E-state index is 11.8. The van der Waals surface area contributed by atoms with E-state index in [2.05, 4.69) is 61.4 Å². The number of carbonyl (C=O) groups is 1. The minimum absolute atomic E-state index is 0.112. The molecule has 3 rings (SSSR count). The van der Waals surface area contributed by atoms with Gasteiger partial charge in [-0.15, -0.1) is 11.3 Å². The zero-order valence-corrected chi connectivity index (χ0v) is 22.1. The molecule has 184 valence electrons. The van der Waals surface area contributed by atoms with E-state index in [9.17, 15) is 4.79 Å². The van der Waals surface area contributed by atoms with E-state index < -0.39 is 11.7 Å². The van der Waals surface area contributed by atoms with Crippen LogP contribution in [0.15, 0.2) is 41.4 Å². The summed E-state index contributed by atoms with van der Waals surface area (Å²) >= 11 is 1.69. The first-order valence-electron chi connectivity index (χ1n) is 11.7. The molecule has 1 heterocycles. The van der Waals surface area contributed by atoms with Gasteiger partial charge in [0, 0.05) is 18.1 Å². The van der Waals surface area contributed by atoms with E-state index in [1.54, 1.807) is 11.3 Å². The third kappa shape index (κ3) is 6.11. The summed E-state index contributed by atoms with van der Waals surface area (Å²) in [6.07, 6.45) is 0.522. The first-order valence-corrected chi connectivity index (χ1v) is 12.5. The van der Waals surface area contributed by atoms with Crippen LogP contribution in [0.1, 0.15) is 52.6 Å². The lowest BCUT2D eigenvalue weighted by Gasteiger charge is -2.41. The Morgan fingerprint density at radius 2 is 1.94 bits per heavy atom. The predicted molar refractivity (Wildman–Crippen MR) is 140 cm³/mol. The van der Waals surface area contributed by atoms with Crippen LogP contribution in [-0.2, 0) is 4.74 Å². The summed E-state index contributed by atoms with van der Waals surface area (Å²) in [6.45, 7) is 10.8. The number of hydrogen-bond donors (Lipinski definition) is 2. The predicted octanol–water partition coefficient (Wildman–Crippen LogP) is 4.56. The lowest BCUT2D eigenvalue weighted by Crippen LogP contribution is -2.49. The molecule has 2 unspecified atom stereocenters. The fourth-order valence-electron chi connectivity index (χ4n) is 3.75. The van der Waals surface area contributed by atoms with Crippen LogP contribution >= 0.6 is 11.3 Å². The zero-order valence-electron chi connectivity index (χ0n) is 21.3. The van der Waals surface area contributed by atoms with Gasteiger partial charge >= 0.3 is 6.09 Å². The highest BCUT2D eigenvalue weighted by molar-refractivity contribution is 7.21. The van der Waals surface area contributed by atoms with Crippen LogP contribution in [-0.4, -0.2) is 54.3 Å². The SMILES string of the molecule is CCC(C)(C(N)c1ccc2nc3ccc(=NCCNC(=O)OC(C)(C)C)cc-3sc2c1)N(C)C. The molecular formula is C26H37N5O2S. The van der Waals surface area contributed by atoms with E-state index in [1.807, 2.05) is 39.0 Å². The van der Waals surface area contributed by atoms with Crippen molar-refractivity contribution in [2.45, 2.75) is 58.2 Å². The molecule has 7 nitrogen and oxygen atoms in total. The van der Waals surface area contributed by atoms with Crippen molar-refractivity contribution >= 4 is 27.6 Å². The van der Waals surface area contributed by atoms with Gasteiger partial charge in [-0.25, -0.2) is 9.78 Å². The normalized spacial score (nSPS) is 15.5. The summed E-state index contributed by atoms with van der Waals surface area (Å²) in [4.78, 5) is 24.5. The number of carbonyl (C=O) groups excluding carboxylic acids is 1. The standard InChI is InChI=1S/C26H37N5O2S/c1-8-26(5,31(6)7)23(27)17-9-11-19-21(15-17)34-22-16-18(10-12-20(22)30-19)28-13-14-29-24(32)33-25(2,3)4/h9-12,15-16,23H,8,13-14,27H2,1-7H3,(H,29,32). The van der Waals surface area contributed by atoms with Gasteiger partial charge in [-0.3, -0.25) is 4.99 Å². The van der Waals surface area contributed by atoms with Gasteiger partial charge in [0.2, 0.25) is 0 Å². The van der Waals surface area contributed by atoms with Gasteiger partial charge in [0.15, 0.2) is 0 Å². The topological polar surface area (TPSA) is 92.8 Å². The van der Waals surface area contributed by atoms with E-state index in [0.29, 0.717) is 13.1 Å². The fraction of sp³-hybridized carbons (Fsp3) is 0.500. The molecule has 34 heavy (non-hydrogen) atoms. The first kappa shape index (κ1) is 26.1. The molecule has 3 N–H and O–H groups in total. The second-order valence-electron chi connectivity index (χ2n) is 9.99. The Morgan fingerprint density at radius 3 is 2.59 bits per heavy atom. The summed E-state index contributed by atoms with van der Waals surface area (Å²) in [7, 11) is 4.16. The minimum atomic E-state index is -0.512. The smallest absolute Gasteiger partial charge is 0.407 e. The Kier molecular flexibility index (Phi) is 7.95. The lowest BCUT2D eigenvalue weighted by atomic mass is 9.84. The van der Waals surface area contributed by atoms with Crippen molar-refractivity contribution in [3.63, 3.8) is 0 Å². The molecule has 0 radical (unpaired) electrons. The average molecular weight is 484 g/mol. The van der Waals surface area contributed by atoms with E-state index >= 15 is 0 Å². The lowest BCUT2D eigenvalue weighted by molar-refractivity contribution is 0.0529. The molecular weight excluding hydrogens is 446 g/mol. The molecule has 1 aromatic carbocycles. The van der Waals surface area contributed by atoms with Gasteiger partial charge in [-0.05, 0) is 84.1 Å². The van der Waals surface area contributed by atoms with Crippen LogP contribution in [0.5, 0.6) is 0 Å². The number of likely N-dealkylation sites (N-methyl/N-ethyl adjacent to an activating group) is 1. The molecule has 1 aromatic rings. The molecule has 0 fully saturated rings. The van der Waals surface area contributed by atoms with E-state index in [-0.39, 0.29) is 11.6 Å². The van der Waals surface area contributed by atoms with Crippen LogP contribution in [0.25, 0.3) is 20.8 Å². The summed E-state index contributed by atoms with van der Waals surface area (Å²) in [5, 5.41) is 3.59. The van der Waals surface area contributed by atoms with Crippen LogP contribution in [0.3, 0.4) is 0 Å². The second kappa shape index (κ2) is 10.4. The molecule has 0 spiro atoms. The Labute approximate surface area is 206 Å². The number of nitrogens with two attached hydrogens (primary N) is 1. The third-order valence-electron chi connectivity index (χ3n) is 6.23. The highest BCUT2D eigenvalue weighted by Crippen LogP contribution is 2.35. The van der Waals surface area contributed by atoms with Crippen molar-refractivity contribution in [3.05, 3.63) is 47.3 Å². The molecule has 0 saturated heterocycles. The van der Waals surface area contributed by atoms with Crippen molar-refractivity contribution < 1.29 is 9.53 Å². The highest BCUT2D eigenvalue weighted by Gasteiger charge is 2.33. The van der Waals surface area contributed by atoms with Crippen molar-refractivity contribution in [2.75, 3.05) is 27.2 Å². The van der Waals surface area contributed by atoms with Crippen LogP contribution in [0.2, 0.25) is 0 Å². The molecule has 1 aliphatic heterocycles. The maximum Gasteiger partial charge on any atom is 0.407 e. The van der Waals surface area contributed by atoms with Crippen molar-refractivity contribution in [2.24, 2.45) is 10.7 Å². The summed E-state index contributed by atoms with van der Waals surface area (Å²) in [6, 6.07) is 12.2. The Balaban J connectivity index is 1.82. The first-order chi connectivity index (χ1) is 15.9. The number of amides is 1. The molecule has 1 aliphatic carbocycles. The number of nitrogens with zero attached hydrogens (tertiary/aromatic N) is 3. The monoisotopic (exact) mass is 483 g/mol. The van der Waals surface area contributed by atoms with Crippen LogP contribution in [0.4, 0.5) is 4.79 Å². The van der Waals surface area contributed by atoms with Crippen molar-refractivity contribution in [1.29, 1.82) is 0 Å². The number of aromatic nitrogens is 1. The third-order valence-corrected chi connectivity index (χ3v) is 7.32. The van der Waals surface area contributed by atoms with Crippen LogP contribution in [0, 0.1) is 0 Å².